The Balaban J connectivity index is 1.53. The Morgan fingerprint density at radius 3 is 2.53 bits per heavy atom. The SMILES string of the molecule is CC(NCC(=O)N(Cc1ccccc1)c1nc(-c2ccc(F)cc2)cs1)c1ccccn1. The first kappa shape index (κ1) is 21.8. The number of rotatable bonds is 8. The summed E-state index contributed by atoms with van der Waals surface area (Å²) in [5.41, 5.74) is 3.41. The van der Waals surface area contributed by atoms with Gasteiger partial charge in [-0.25, -0.2) is 9.37 Å². The molecule has 0 radical (unpaired) electrons. The number of thiazole rings is 1. The minimum Gasteiger partial charge on any atom is -0.300 e. The van der Waals surface area contributed by atoms with Gasteiger partial charge in [0, 0.05) is 23.2 Å². The lowest BCUT2D eigenvalue weighted by molar-refractivity contribution is -0.118. The average molecular weight is 447 g/mol. The number of carbonyl (C=O) groups excluding carboxylic acids is 1. The van der Waals surface area contributed by atoms with Crippen molar-refractivity contribution in [1.82, 2.24) is 15.3 Å². The van der Waals surface area contributed by atoms with Gasteiger partial charge in [0.05, 0.1) is 24.5 Å². The maximum atomic E-state index is 13.3. The number of halogens is 1. The number of pyridine rings is 1. The summed E-state index contributed by atoms with van der Waals surface area (Å²) in [7, 11) is 0. The molecule has 0 aliphatic rings. The highest BCUT2D eigenvalue weighted by Crippen LogP contribution is 2.29. The molecule has 2 aromatic heterocycles. The van der Waals surface area contributed by atoms with Crippen molar-refractivity contribution in [3.05, 3.63) is 101 Å². The Hall–Kier alpha value is -3.42. The summed E-state index contributed by atoms with van der Waals surface area (Å²) in [5.74, 6) is -0.380. The number of aromatic nitrogens is 2. The Morgan fingerprint density at radius 1 is 1.06 bits per heavy atom. The number of amides is 1. The van der Waals surface area contributed by atoms with Crippen molar-refractivity contribution in [1.29, 1.82) is 0 Å². The molecule has 0 aliphatic carbocycles. The first-order chi connectivity index (χ1) is 15.6. The molecule has 4 rings (SSSR count). The smallest absolute Gasteiger partial charge is 0.243 e. The number of benzene rings is 2. The van der Waals surface area contributed by atoms with E-state index in [9.17, 15) is 9.18 Å². The van der Waals surface area contributed by atoms with Crippen LogP contribution in [0, 0.1) is 5.82 Å². The van der Waals surface area contributed by atoms with E-state index in [0.29, 0.717) is 17.4 Å². The molecule has 2 aromatic carbocycles. The van der Waals surface area contributed by atoms with Gasteiger partial charge in [0.15, 0.2) is 5.13 Å². The average Bonchev–Trinajstić information content (AvgIpc) is 3.32. The third-order valence-electron chi connectivity index (χ3n) is 5.04. The van der Waals surface area contributed by atoms with Crippen molar-refractivity contribution in [2.75, 3.05) is 11.4 Å². The first-order valence-corrected chi connectivity index (χ1v) is 11.2. The molecule has 1 unspecified atom stereocenters. The summed E-state index contributed by atoms with van der Waals surface area (Å²) in [4.78, 5) is 23.9. The van der Waals surface area contributed by atoms with Gasteiger partial charge in [0.1, 0.15) is 5.82 Å². The van der Waals surface area contributed by atoms with Gasteiger partial charge in [-0.1, -0.05) is 36.4 Å². The van der Waals surface area contributed by atoms with E-state index in [4.69, 9.17) is 0 Å². The Morgan fingerprint density at radius 2 is 1.81 bits per heavy atom. The normalized spacial score (nSPS) is 11.8. The van der Waals surface area contributed by atoms with Crippen LogP contribution in [-0.4, -0.2) is 22.4 Å². The number of anilines is 1. The first-order valence-electron chi connectivity index (χ1n) is 10.3. The van der Waals surface area contributed by atoms with E-state index in [1.54, 1.807) is 23.2 Å². The second kappa shape index (κ2) is 10.3. The van der Waals surface area contributed by atoms with Crippen LogP contribution in [0.4, 0.5) is 9.52 Å². The van der Waals surface area contributed by atoms with E-state index in [1.165, 1.54) is 23.5 Å². The Kier molecular flexibility index (Phi) is 6.99. The molecule has 1 amide bonds. The van der Waals surface area contributed by atoms with Crippen LogP contribution in [0.5, 0.6) is 0 Å². The molecule has 4 aromatic rings. The van der Waals surface area contributed by atoms with Crippen LogP contribution in [0.2, 0.25) is 0 Å². The summed E-state index contributed by atoms with van der Waals surface area (Å²) in [6.45, 7) is 2.54. The van der Waals surface area contributed by atoms with E-state index in [0.717, 1.165) is 16.8 Å². The van der Waals surface area contributed by atoms with Crippen LogP contribution in [-0.2, 0) is 11.3 Å². The lowest BCUT2D eigenvalue weighted by Crippen LogP contribution is -2.38. The fourth-order valence-corrected chi connectivity index (χ4v) is 4.09. The zero-order valence-corrected chi connectivity index (χ0v) is 18.4. The molecule has 32 heavy (non-hydrogen) atoms. The van der Waals surface area contributed by atoms with Crippen LogP contribution in [0.15, 0.2) is 84.4 Å². The van der Waals surface area contributed by atoms with Gasteiger partial charge in [-0.2, -0.15) is 0 Å². The molecule has 0 fully saturated rings. The molecular formula is C25H23FN4OS. The summed E-state index contributed by atoms with van der Waals surface area (Å²) >= 11 is 1.40. The zero-order chi connectivity index (χ0) is 22.3. The third kappa shape index (κ3) is 5.43. The monoisotopic (exact) mass is 446 g/mol. The topological polar surface area (TPSA) is 58.1 Å². The van der Waals surface area contributed by atoms with Crippen molar-refractivity contribution in [3.8, 4) is 11.3 Å². The zero-order valence-electron chi connectivity index (χ0n) is 17.6. The maximum Gasteiger partial charge on any atom is 0.243 e. The van der Waals surface area contributed by atoms with Gasteiger partial charge in [-0.05, 0) is 48.9 Å². The molecule has 0 bridgehead atoms. The van der Waals surface area contributed by atoms with Gasteiger partial charge in [-0.15, -0.1) is 11.3 Å². The van der Waals surface area contributed by atoms with Crippen molar-refractivity contribution < 1.29 is 9.18 Å². The van der Waals surface area contributed by atoms with Crippen LogP contribution in [0.3, 0.4) is 0 Å². The second-order valence-electron chi connectivity index (χ2n) is 7.34. The predicted molar refractivity (Wildman–Crippen MR) is 126 cm³/mol. The number of nitrogens with zero attached hydrogens (tertiary/aromatic N) is 3. The molecule has 1 N–H and O–H groups in total. The largest absolute Gasteiger partial charge is 0.300 e. The lowest BCUT2D eigenvalue weighted by Gasteiger charge is -2.22. The van der Waals surface area contributed by atoms with Gasteiger partial charge in [-0.3, -0.25) is 14.7 Å². The Bertz CT molecular complexity index is 1150. The van der Waals surface area contributed by atoms with Gasteiger partial charge in [0.2, 0.25) is 5.91 Å². The Labute approximate surface area is 190 Å². The van der Waals surface area contributed by atoms with Crippen molar-refractivity contribution in [2.24, 2.45) is 0 Å². The summed E-state index contributed by atoms with van der Waals surface area (Å²) in [6.07, 6.45) is 1.74. The van der Waals surface area contributed by atoms with Crippen molar-refractivity contribution >= 4 is 22.4 Å². The molecular weight excluding hydrogens is 423 g/mol. The molecule has 162 valence electrons. The lowest BCUT2D eigenvalue weighted by atomic mass is 10.2. The highest BCUT2D eigenvalue weighted by molar-refractivity contribution is 7.14. The highest BCUT2D eigenvalue weighted by atomic mass is 32.1. The summed E-state index contributed by atoms with van der Waals surface area (Å²) in [5, 5.41) is 5.75. The minimum absolute atomic E-state index is 0.0650. The van der Waals surface area contributed by atoms with E-state index in [2.05, 4.69) is 15.3 Å². The molecule has 0 aliphatic heterocycles. The van der Waals surface area contributed by atoms with E-state index < -0.39 is 0 Å². The van der Waals surface area contributed by atoms with Crippen LogP contribution in [0.1, 0.15) is 24.2 Å². The van der Waals surface area contributed by atoms with Gasteiger partial charge >= 0.3 is 0 Å². The fraction of sp³-hybridized carbons (Fsp3) is 0.160. The highest BCUT2D eigenvalue weighted by Gasteiger charge is 2.21. The van der Waals surface area contributed by atoms with Crippen molar-refractivity contribution in [2.45, 2.75) is 19.5 Å². The minimum atomic E-state index is -0.293. The standard InChI is InChI=1S/C25H23FN4OS/c1-18(22-9-5-6-14-27-22)28-15-24(31)30(16-19-7-3-2-4-8-19)25-29-23(17-32-25)20-10-12-21(26)13-11-20/h2-14,17-18,28H,15-16H2,1H3. The third-order valence-corrected chi connectivity index (χ3v) is 5.90. The van der Waals surface area contributed by atoms with Crippen molar-refractivity contribution in [3.63, 3.8) is 0 Å². The number of nitrogens with one attached hydrogen (secondary N) is 1. The molecule has 0 spiro atoms. The quantitative estimate of drug-likeness (QED) is 0.403. The van der Waals surface area contributed by atoms with Gasteiger partial charge in [0.25, 0.3) is 0 Å². The van der Waals surface area contributed by atoms with Crippen LogP contribution in [0.25, 0.3) is 11.3 Å². The summed E-state index contributed by atoms with van der Waals surface area (Å²) in [6, 6.07) is 21.7. The number of hydrogen-bond donors (Lipinski definition) is 1. The molecule has 1 atom stereocenters. The maximum absolute atomic E-state index is 13.3. The molecule has 7 heteroatoms. The second-order valence-corrected chi connectivity index (χ2v) is 8.18. The molecule has 0 saturated carbocycles. The van der Waals surface area contributed by atoms with Gasteiger partial charge < -0.3 is 5.32 Å². The number of carbonyl (C=O) groups is 1. The number of hydrogen-bond acceptors (Lipinski definition) is 5. The molecule has 2 heterocycles. The van der Waals surface area contributed by atoms with E-state index in [1.807, 2.05) is 60.8 Å². The van der Waals surface area contributed by atoms with E-state index >= 15 is 0 Å². The van der Waals surface area contributed by atoms with Crippen LogP contribution < -0.4 is 10.2 Å². The van der Waals surface area contributed by atoms with E-state index in [-0.39, 0.29) is 24.3 Å². The summed E-state index contributed by atoms with van der Waals surface area (Å²) < 4.78 is 13.3. The van der Waals surface area contributed by atoms with Crippen LogP contribution >= 0.6 is 11.3 Å². The molecule has 5 nitrogen and oxygen atoms in total. The molecule has 0 saturated heterocycles. The predicted octanol–water partition coefficient (Wildman–Crippen LogP) is 5.23. The fourth-order valence-electron chi connectivity index (χ4n) is 3.24.